The second kappa shape index (κ2) is 4.33. The molecule has 0 bridgehead atoms. The molecule has 1 fully saturated rings. The summed E-state index contributed by atoms with van der Waals surface area (Å²) in [5, 5.41) is 0.341. The molecule has 1 nitrogen and oxygen atoms in total. The highest BCUT2D eigenvalue weighted by Crippen LogP contribution is 2.23. The minimum absolute atomic E-state index is 0.341. The first kappa shape index (κ1) is 10.0. The Morgan fingerprint density at radius 1 is 1.36 bits per heavy atom. The predicted octanol–water partition coefficient (Wildman–Crippen LogP) is 2.89. The van der Waals surface area contributed by atoms with Crippen molar-refractivity contribution in [1.82, 2.24) is 4.90 Å². The van der Waals surface area contributed by atoms with Crippen molar-refractivity contribution in [3.8, 4) is 0 Å². The molecular formula is C12H16ClN. The lowest BCUT2D eigenvalue weighted by Gasteiger charge is -2.20. The number of hydrogen-bond acceptors (Lipinski definition) is 1. The molecule has 14 heavy (non-hydrogen) atoms. The first-order valence-electron chi connectivity index (χ1n) is 5.18. The molecule has 0 unspecified atom stereocenters. The zero-order chi connectivity index (χ0) is 9.97. The van der Waals surface area contributed by atoms with Gasteiger partial charge in [0.25, 0.3) is 0 Å². The van der Waals surface area contributed by atoms with Crippen molar-refractivity contribution in [2.75, 3.05) is 6.54 Å². The van der Waals surface area contributed by atoms with Crippen molar-refractivity contribution >= 4 is 11.6 Å². The lowest BCUT2D eigenvalue weighted by Crippen LogP contribution is -2.26. The van der Waals surface area contributed by atoms with Crippen LogP contribution in [-0.4, -0.2) is 22.9 Å². The SMILES string of the molecule is C[C@H]1C[C@H](Cl)CN1Cc1ccccc1. The number of hydrogen-bond donors (Lipinski definition) is 0. The quantitative estimate of drug-likeness (QED) is 0.678. The summed E-state index contributed by atoms with van der Waals surface area (Å²) < 4.78 is 0. The molecule has 1 aliphatic heterocycles. The van der Waals surface area contributed by atoms with E-state index in [0.29, 0.717) is 11.4 Å². The fraction of sp³-hybridized carbons (Fsp3) is 0.500. The maximum Gasteiger partial charge on any atom is 0.0478 e. The molecule has 2 rings (SSSR count). The van der Waals surface area contributed by atoms with Gasteiger partial charge in [-0.3, -0.25) is 4.90 Å². The maximum atomic E-state index is 6.13. The summed E-state index contributed by atoms with van der Waals surface area (Å²) in [6, 6.07) is 11.2. The summed E-state index contributed by atoms with van der Waals surface area (Å²) in [7, 11) is 0. The molecule has 1 aliphatic rings. The van der Waals surface area contributed by atoms with Crippen LogP contribution in [0.25, 0.3) is 0 Å². The van der Waals surface area contributed by atoms with Gasteiger partial charge in [0.1, 0.15) is 0 Å². The molecule has 0 aromatic heterocycles. The Hall–Kier alpha value is -0.530. The van der Waals surface area contributed by atoms with E-state index in [2.05, 4.69) is 42.2 Å². The van der Waals surface area contributed by atoms with E-state index in [9.17, 15) is 0 Å². The van der Waals surface area contributed by atoms with Gasteiger partial charge in [-0.15, -0.1) is 11.6 Å². The van der Waals surface area contributed by atoms with Crippen LogP contribution < -0.4 is 0 Å². The third kappa shape index (κ3) is 2.28. The van der Waals surface area contributed by atoms with Gasteiger partial charge in [0.05, 0.1) is 0 Å². The van der Waals surface area contributed by atoms with E-state index in [-0.39, 0.29) is 0 Å². The van der Waals surface area contributed by atoms with Gasteiger partial charge in [0.2, 0.25) is 0 Å². The van der Waals surface area contributed by atoms with Crippen molar-refractivity contribution < 1.29 is 0 Å². The lowest BCUT2D eigenvalue weighted by molar-refractivity contribution is 0.260. The third-order valence-corrected chi connectivity index (χ3v) is 3.20. The molecule has 1 aromatic rings. The minimum Gasteiger partial charge on any atom is -0.295 e. The molecule has 0 saturated carbocycles. The number of halogens is 1. The monoisotopic (exact) mass is 209 g/mol. The molecule has 0 radical (unpaired) electrons. The molecule has 1 saturated heterocycles. The lowest BCUT2D eigenvalue weighted by atomic mass is 10.2. The van der Waals surface area contributed by atoms with Crippen molar-refractivity contribution in [2.24, 2.45) is 0 Å². The zero-order valence-electron chi connectivity index (χ0n) is 8.49. The number of likely N-dealkylation sites (tertiary alicyclic amines) is 1. The molecule has 2 heteroatoms. The molecular weight excluding hydrogens is 194 g/mol. The van der Waals surface area contributed by atoms with Crippen LogP contribution in [0.5, 0.6) is 0 Å². The number of benzene rings is 1. The Bertz CT molecular complexity index is 286. The summed E-state index contributed by atoms with van der Waals surface area (Å²) >= 11 is 6.13. The normalized spacial score (nSPS) is 28.1. The molecule has 0 aliphatic carbocycles. The van der Waals surface area contributed by atoms with Gasteiger partial charge in [-0.2, -0.15) is 0 Å². The topological polar surface area (TPSA) is 3.24 Å². The minimum atomic E-state index is 0.341. The average Bonchev–Trinajstić information content (AvgIpc) is 2.47. The number of nitrogens with zero attached hydrogens (tertiary/aromatic N) is 1. The third-order valence-electron chi connectivity index (χ3n) is 2.88. The van der Waals surface area contributed by atoms with Gasteiger partial charge in [-0.05, 0) is 18.9 Å². The summed E-state index contributed by atoms with van der Waals surface area (Å²) in [5.41, 5.74) is 1.38. The predicted molar refractivity (Wildman–Crippen MR) is 60.6 cm³/mol. The van der Waals surface area contributed by atoms with Gasteiger partial charge >= 0.3 is 0 Å². The van der Waals surface area contributed by atoms with E-state index >= 15 is 0 Å². The Morgan fingerprint density at radius 2 is 2.07 bits per heavy atom. The Balaban J connectivity index is 1.98. The molecule has 0 spiro atoms. The summed E-state index contributed by atoms with van der Waals surface area (Å²) in [5.74, 6) is 0. The first-order valence-corrected chi connectivity index (χ1v) is 5.61. The number of rotatable bonds is 2. The van der Waals surface area contributed by atoms with E-state index in [0.717, 1.165) is 19.5 Å². The van der Waals surface area contributed by atoms with Gasteiger partial charge < -0.3 is 0 Å². The van der Waals surface area contributed by atoms with E-state index in [1.165, 1.54) is 5.56 Å². The van der Waals surface area contributed by atoms with Gasteiger partial charge in [0.15, 0.2) is 0 Å². The summed E-state index contributed by atoms with van der Waals surface area (Å²) in [4.78, 5) is 2.45. The highest BCUT2D eigenvalue weighted by atomic mass is 35.5. The maximum absolute atomic E-state index is 6.13. The smallest absolute Gasteiger partial charge is 0.0478 e. The summed E-state index contributed by atoms with van der Waals surface area (Å²) in [6.07, 6.45) is 1.12. The Kier molecular flexibility index (Phi) is 3.09. The van der Waals surface area contributed by atoms with Crippen LogP contribution in [-0.2, 0) is 6.54 Å². The van der Waals surface area contributed by atoms with Gasteiger partial charge in [-0.25, -0.2) is 0 Å². The molecule has 1 heterocycles. The highest BCUT2D eigenvalue weighted by molar-refractivity contribution is 6.21. The standard InChI is InChI=1S/C12H16ClN/c1-10-7-12(13)9-14(10)8-11-5-3-2-4-6-11/h2-6,10,12H,7-9H2,1H3/t10-,12-/m0/s1. The van der Waals surface area contributed by atoms with Gasteiger partial charge in [-0.1, -0.05) is 30.3 Å². The van der Waals surface area contributed by atoms with Crippen molar-refractivity contribution in [3.63, 3.8) is 0 Å². The van der Waals surface area contributed by atoms with Crippen molar-refractivity contribution in [3.05, 3.63) is 35.9 Å². The van der Waals surface area contributed by atoms with Crippen LogP contribution in [0.4, 0.5) is 0 Å². The zero-order valence-corrected chi connectivity index (χ0v) is 9.24. The van der Waals surface area contributed by atoms with E-state index in [1.54, 1.807) is 0 Å². The van der Waals surface area contributed by atoms with Crippen molar-refractivity contribution in [2.45, 2.75) is 31.3 Å². The average molecular weight is 210 g/mol. The van der Waals surface area contributed by atoms with Crippen LogP contribution >= 0.6 is 11.6 Å². The van der Waals surface area contributed by atoms with Crippen LogP contribution in [0.2, 0.25) is 0 Å². The van der Waals surface area contributed by atoms with E-state index < -0.39 is 0 Å². The van der Waals surface area contributed by atoms with E-state index in [4.69, 9.17) is 11.6 Å². The highest BCUT2D eigenvalue weighted by Gasteiger charge is 2.26. The number of alkyl halides is 1. The fourth-order valence-electron chi connectivity index (χ4n) is 2.07. The molecule has 0 N–H and O–H groups in total. The van der Waals surface area contributed by atoms with Crippen LogP contribution in [0.3, 0.4) is 0 Å². The largest absolute Gasteiger partial charge is 0.295 e. The second-order valence-corrected chi connectivity index (χ2v) is 4.71. The molecule has 0 amide bonds. The Morgan fingerprint density at radius 3 is 2.64 bits per heavy atom. The first-order chi connectivity index (χ1) is 6.75. The summed E-state index contributed by atoms with van der Waals surface area (Å²) in [6.45, 7) is 4.31. The fourth-order valence-corrected chi connectivity index (χ4v) is 2.50. The van der Waals surface area contributed by atoms with Crippen molar-refractivity contribution in [1.29, 1.82) is 0 Å². The molecule has 76 valence electrons. The van der Waals surface area contributed by atoms with Gasteiger partial charge in [0, 0.05) is 24.5 Å². The molecule has 2 atom stereocenters. The van der Waals surface area contributed by atoms with E-state index in [1.807, 2.05) is 0 Å². The Labute approximate surface area is 90.7 Å². The molecule has 1 aromatic carbocycles. The second-order valence-electron chi connectivity index (χ2n) is 4.10. The van der Waals surface area contributed by atoms with Crippen LogP contribution in [0.15, 0.2) is 30.3 Å². The van der Waals surface area contributed by atoms with Crippen LogP contribution in [0, 0.1) is 0 Å². The van der Waals surface area contributed by atoms with Crippen LogP contribution in [0.1, 0.15) is 18.9 Å².